The molecule has 0 amide bonds. The van der Waals surface area contributed by atoms with Gasteiger partial charge in [0.25, 0.3) is 0 Å². The van der Waals surface area contributed by atoms with Crippen LogP contribution < -0.4 is 0 Å². The fourth-order valence-corrected chi connectivity index (χ4v) is 2.08. The summed E-state index contributed by atoms with van der Waals surface area (Å²) < 4.78 is 11.6. The molecule has 0 spiro atoms. The lowest BCUT2D eigenvalue weighted by atomic mass is 10.1. The largest absolute Gasteiger partial charge is 0.464 e. The Hall–Kier alpha value is -2.18. The van der Waals surface area contributed by atoms with Crippen LogP contribution in [0.1, 0.15) is 46.5 Å². The third-order valence-electron chi connectivity index (χ3n) is 3.19. The van der Waals surface area contributed by atoms with Crippen molar-refractivity contribution in [3.05, 3.63) is 28.4 Å². The number of methoxy groups -OCH3 is 1. The van der Waals surface area contributed by atoms with E-state index in [4.69, 9.17) is 9.26 Å². The number of carbonyl (C=O) groups excluding carboxylic acids is 1. The van der Waals surface area contributed by atoms with Gasteiger partial charge in [0.2, 0.25) is 0 Å². The van der Waals surface area contributed by atoms with Crippen LogP contribution in [0.2, 0.25) is 0 Å². The van der Waals surface area contributed by atoms with Gasteiger partial charge in [-0.05, 0) is 20.3 Å². The summed E-state index contributed by atoms with van der Waals surface area (Å²) in [6, 6.07) is 0. The van der Waals surface area contributed by atoms with Gasteiger partial charge in [-0.15, -0.1) is 5.10 Å². The molecule has 0 aliphatic heterocycles. The first-order valence-electron chi connectivity index (χ1n) is 6.50. The van der Waals surface area contributed by atoms with E-state index in [1.807, 2.05) is 20.8 Å². The van der Waals surface area contributed by atoms with E-state index < -0.39 is 5.97 Å². The molecule has 0 atom stereocenters. The minimum atomic E-state index is -0.460. The van der Waals surface area contributed by atoms with Crippen molar-refractivity contribution in [2.45, 2.75) is 40.2 Å². The number of ether oxygens (including phenoxy) is 1. The van der Waals surface area contributed by atoms with Crippen molar-refractivity contribution < 1.29 is 14.1 Å². The lowest BCUT2D eigenvalue weighted by Crippen LogP contribution is -2.11. The van der Waals surface area contributed by atoms with E-state index in [0.29, 0.717) is 13.0 Å². The highest BCUT2D eigenvalue weighted by Gasteiger charge is 2.21. The summed E-state index contributed by atoms with van der Waals surface area (Å²) in [5.41, 5.74) is 2.84. The van der Waals surface area contributed by atoms with E-state index in [2.05, 4.69) is 15.5 Å². The van der Waals surface area contributed by atoms with E-state index in [9.17, 15) is 4.79 Å². The van der Waals surface area contributed by atoms with E-state index in [1.54, 1.807) is 4.68 Å². The van der Waals surface area contributed by atoms with Gasteiger partial charge >= 0.3 is 5.97 Å². The summed E-state index contributed by atoms with van der Waals surface area (Å²) in [5.74, 6) is 0.290. The standard InChI is InChI=1S/C13H18N4O3/c1-5-6-11-12(13(18)19-4)14-16-17(11)7-10-8(2)15-20-9(10)3/h5-7H2,1-4H3. The molecular formula is C13H18N4O3. The van der Waals surface area contributed by atoms with Crippen LogP contribution in [0.25, 0.3) is 0 Å². The van der Waals surface area contributed by atoms with Gasteiger partial charge in [-0.3, -0.25) is 0 Å². The van der Waals surface area contributed by atoms with Crippen LogP contribution in [-0.2, 0) is 17.7 Å². The van der Waals surface area contributed by atoms with Gasteiger partial charge in [0, 0.05) is 5.56 Å². The quantitative estimate of drug-likeness (QED) is 0.774. The van der Waals surface area contributed by atoms with Crippen molar-refractivity contribution in [3.8, 4) is 0 Å². The Bertz CT molecular complexity index is 596. The minimum absolute atomic E-state index is 0.279. The normalized spacial score (nSPS) is 10.8. The SMILES string of the molecule is CCCc1c(C(=O)OC)nnn1Cc1c(C)noc1C. The van der Waals surface area contributed by atoms with Crippen molar-refractivity contribution >= 4 is 5.97 Å². The van der Waals surface area contributed by atoms with Crippen LogP contribution in [0.5, 0.6) is 0 Å². The van der Waals surface area contributed by atoms with Gasteiger partial charge in [0.05, 0.1) is 25.0 Å². The van der Waals surface area contributed by atoms with E-state index in [1.165, 1.54) is 7.11 Å². The zero-order chi connectivity index (χ0) is 14.7. The van der Waals surface area contributed by atoms with Gasteiger partial charge in [0.15, 0.2) is 5.69 Å². The van der Waals surface area contributed by atoms with E-state index in [-0.39, 0.29) is 5.69 Å². The number of carbonyl (C=O) groups is 1. The number of rotatable bonds is 5. The molecule has 0 N–H and O–H groups in total. The average Bonchev–Trinajstić information content (AvgIpc) is 2.97. The summed E-state index contributed by atoms with van der Waals surface area (Å²) in [7, 11) is 1.34. The Kier molecular flexibility index (Phi) is 4.16. The third-order valence-corrected chi connectivity index (χ3v) is 3.19. The Morgan fingerprint density at radius 1 is 1.40 bits per heavy atom. The first-order chi connectivity index (χ1) is 9.58. The maximum absolute atomic E-state index is 11.7. The van der Waals surface area contributed by atoms with Crippen molar-refractivity contribution in [1.82, 2.24) is 20.2 Å². The zero-order valence-corrected chi connectivity index (χ0v) is 12.1. The van der Waals surface area contributed by atoms with Crippen LogP contribution in [0, 0.1) is 13.8 Å². The number of aromatic nitrogens is 4. The Morgan fingerprint density at radius 3 is 2.70 bits per heavy atom. The fourth-order valence-electron chi connectivity index (χ4n) is 2.08. The molecule has 0 aliphatic rings. The number of esters is 1. The van der Waals surface area contributed by atoms with Gasteiger partial charge in [-0.2, -0.15) is 0 Å². The number of hydrogen-bond acceptors (Lipinski definition) is 6. The lowest BCUT2D eigenvalue weighted by molar-refractivity contribution is 0.0592. The molecule has 0 saturated heterocycles. The highest BCUT2D eigenvalue weighted by Crippen LogP contribution is 2.17. The molecule has 2 rings (SSSR count). The Morgan fingerprint density at radius 2 is 2.15 bits per heavy atom. The number of aryl methyl sites for hydroxylation is 2. The topological polar surface area (TPSA) is 83.0 Å². The average molecular weight is 278 g/mol. The molecule has 0 fully saturated rings. The minimum Gasteiger partial charge on any atom is -0.464 e. The monoisotopic (exact) mass is 278 g/mol. The van der Waals surface area contributed by atoms with Crippen molar-refractivity contribution in [2.75, 3.05) is 7.11 Å². The smallest absolute Gasteiger partial charge is 0.360 e. The maximum atomic E-state index is 11.7. The van der Waals surface area contributed by atoms with Crippen LogP contribution in [0.4, 0.5) is 0 Å². The highest BCUT2D eigenvalue weighted by molar-refractivity contribution is 5.88. The predicted octanol–water partition coefficient (Wildman–Crippen LogP) is 1.67. The summed E-state index contributed by atoms with van der Waals surface area (Å²) in [4.78, 5) is 11.7. The number of nitrogens with zero attached hydrogens (tertiary/aromatic N) is 4. The molecule has 7 nitrogen and oxygen atoms in total. The van der Waals surface area contributed by atoms with Crippen LogP contribution in [0.3, 0.4) is 0 Å². The Labute approximate surface area is 116 Å². The number of hydrogen-bond donors (Lipinski definition) is 0. The second-order valence-electron chi connectivity index (χ2n) is 4.59. The van der Waals surface area contributed by atoms with Gasteiger partial charge in [-0.25, -0.2) is 9.48 Å². The maximum Gasteiger partial charge on any atom is 0.360 e. The molecule has 0 bridgehead atoms. The lowest BCUT2D eigenvalue weighted by Gasteiger charge is -2.06. The Balaban J connectivity index is 2.37. The predicted molar refractivity (Wildman–Crippen MR) is 70.4 cm³/mol. The van der Waals surface area contributed by atoms with E-state index in [0.717, 1.165) is 29.1 Å². The molecule has 7 heteroatoms. The van der Waals surface area contributed by atoms with Crippen LogP contribution in [-0.4, -0.2) is 33.2 Å². The summed E-state index contributed by atoms with van der Waals surface area (Å²) >= 11 is 0. The molecule has 20 heavy (non-hydrogen) atoms. The molecule has 0 aliphatic carbocycles. The second-order valence-corrected chi connectivity index (χ2v) is 4.59. The summed E-state index contributed by atoms with van der Waals surface area (Å²) in [5, 5.41) is 11.9. The summed E-state index contributed by atoms with van der Waals surface area (Å²) in [6.45, 7) is 6.26. The van der Waals surface area contributed by atoms with Crippen LogP contribution in [0.15, 0.2) is 4.52 Å². The fraction of sp³-hybridized carbons (Fsp3) is 0.538. The highest BCUT2D eigenvalue weighted by atomic mass is 16.5. The second kappa shape index (κ2) is 5.85. The van der Waals surface area contributed by atoms with Crippen molar-refractivity contribution in [2.24, 2.45) is 0 Å². The summed E-state index contributed by atoms with van der Waals surface area (Å²) in [6.07, 6.45) is 1.60. The van der Waals surface area contributed by atoms with Crippen molar-refractivity contribution in [3.63, 3.8) is 0 Å². The van der Waals surface area contributed by atoms with Gasteiger partial charge in [0.1, 0.15) is 5.76 Å². The van der Waals surface area contributed by atoms with Gasteiger partial charge in [-0.1, -0.05) is 23.7 Å². The molecule has 2 aromatic heterocycles. The van der Waals surface area contributed by atoms with Gasteiger partial charge < -0.3 is 9.26 Å². The van der Waals surface area contributed by atoms with Crippen LogP contribution >= 0.6 is 0 Å². The zero-order valence-electron chi connectivity index (χ0n) is 12.1. The molecule has 2 aromatic rings. The molecule has 0 unspecified atom stereocenters. The molecule has 108 valence electrons. The van der Waals surface area contributed by atoms with Crippen molar-refractivity contribution in [1.29, 1.82) is 0 Å². The molecule has 0 saturated carbocycles. The molecule has 0 aromatic carbocycles. The van der Waals surface area contributed by atoms with E-state index >= 15 is 0 Å². The molecule has 2 heterocycles. The first-order valence-corrected chi connectivity index (χ1v) is 6.50. The molecular weight excluding hydrogens is 260 g/mol. The molecule has 0 radical (unpaired) electrons. The first kappa shape index (κ1) is 14.2. The third kappa shape index (κ3) is 2.56.